The summed E-state index contributed by atoms with van der Waals surface area (Å²) in [5, 5.41) is 9.21. The second kappa shape index (κ2) is 8.58. The molecule has 0 spiro atoms. The lowest BCUT2D eigenvalue weighted by atomic mass is 10.0. The topological polar surface area (TPSA) is 36.3 Å². The minimum atomic E-state index is 0.723. The SMILES string of the molecule is CCN(CC)c1ccc2c(c1)O/C(=C/C1=CC(=C(/C)C#N)/C=C(C)S1)C=C2C. The molecule has 0 atom stereocenters. The van der Waals surface area contributed by atoms with Crippen molar-refractivity contribution in [3.05, 3.63) is 74.8 Å². The molecule has 3 rings (SSSR count). The van der Waals surface area contributed by atoms with Gasteiger partial charge in [0.2, 0.25) is 0 Å². The summed E-state index contributed by atoms with van der Waals surface area (Å²) in [4.78, 5) is 4.56. The van der Waals surface area contributed by atoms with Gasteiger partial charge in [-0.15, -0.1) is 0 Å². The highest BCUT2D eigenvalue weighted by molar-refractivity contribution is 8.06. The third kappa shape index (κ3) is 4.26. The molecular weight excluding hydrogens is 364 g/mol. The summed E-state index contributed by atoms with van der Waals surface area (Å²) in [5.74, 6) is 1.72. The zero-order valence-electron chi connectivity index (χ0n) is 17.2. The number of rotatable bonds is 4. The van der Waals surface area contributed by atoms with Crippen molar-refractivity contribution in [1.82, 2.24) is 0 Å². The van der Waals surface area contributed by atoms with Crippen LogP contribution in [0.15, 0.2) is 69.2 Å². The first-order valence-electron chi connectivity index (χ1n) is 9.61. The lowest BCUT2D eigenvalue weighted by Gasteiger charge is -2.25. The molecule has 144 valence electrons. The minimum absolute atomic E-state index is 0.723. The average Bonchev–Trinajstić information content (AvgIpc) is 2.67. The molecule has 0 aliphatic carbocycles. The molecule has 2 heterocycles. The van der Waals surface area contributed by atoms with Crippen molar-refractivity contribution < 1.29 is 4.74 Å². The molecule has 2 aliphatic heterocycles. The Hall–Kier alpha value is -2.64. The van der Waals surface area contributed by atoms with Gasteiger partial charge in [-0.3, -0.25) is 0 Å². The van der Waals surface area contributed by atoms with E-state index in [2.05, 4.69) is 81.2 Å². The second-order valence-corrected chi connectivity index (χ2v) is 8.24. The summed E-state index contributed by atoms with van der Waals surface area (Å²) in [7, 11) is 0. The Kier molecular flexibility index (Phi) is 6.16. The molecule has 1 aromatic rings. The summed E-state index contributed by atoms with van der Waals surface area (Å²) in [6.07, 6.45) is 8.24. The van der Waals surface area contributed by atoms with Gasteiger partial charge in [0.15, 0.2) is 0 Å². The van der Waals surface area contributed by atoms with Crippen LogP contribution in [-0.4, -0.2) is 13.1 Å². The van der Waals surface area contributed by atoms with Gasteiger partial charge in [-0.25, -0.2) is 0 Å². The van der Waals surface area contributed by atoms with Crippen molar-refractivity contribution in [2.45, 2.75) is 34.6 Å². The molecule has 0 unspecified atom stereocenters. The molecule has 0 saturated carbocycles. The fourth-order valence-corrected chi connectivity index (χ4v) is 4.30. The van der Waals surface area contributed by atoms with Crippen molar-refractivity contribution >= 4 is 23.0 Å². The van der Waals surface area contributed by atoms with Gasteiger partial charge in [0.25, 0.3) is 0 Å². The Labute approximate surface area is 172 Å². The molecule has 0 aromatic heterocycles. The highest BCUT2D eigenvalue weighted by Gasteiger charge is 2.17. The predicted octanol–water partition coefficient (Wildman–Crippen LogP) is 6.59. The van der Waals surface area contributed by atoms with Gasteiger partial charge in [0.1, 0.15) is 11.5 Å². The molecule has 0 fully saturated rings. The quantitative estimate of drug-likeness (QED) is 0.544. The Morgan fingerprint density at radius 2 is 1.93 bits per heavy atom. The highest BCUT2D eigenvalue weighted by Crippen LogP contribution is 2.39. The summed E-state index contributed by atoms with van der Waals surface area (Å²) in [6.45, 7) is 12.3. The van der Waals surface area contributed by atoms with Crippen LogP contribution >= 0.6 is 11.8 Å². The van der Waals surface area contributed by atoms with E-state index in [0.29, 0.717) is 0 Å². The van der Waals surface area contributed by atoms with Crippen LogP contribution in [0, 0.1) is 11.3 Å². The highest BCUT2D eigenvalue weighted by atomic mass is 32.2. The summed E-state index contributed by atoms with van der Waals surface area (Å²) < 4.78 is 6.25. The van der Waals surface area contributed by atoms with E-state index in [1.807, 2.05) is 6.92 Å². The molecule has 0 amide bonds. The van der Waals surface area contributed by atoms with Gasteiger partial charge in [0.05, 0.1) is 6.07 Å². The van der Waals surface area contributed by atoms with Crippen molar-refractivity contribution in [3.63, 3.8) is 0 Å². The fraction of sp³-hybridized carbons (Fsp3) is 0.292. The van der Waals surface area contributed by atoms with Gasteiger partial charge in [0, 0.05) is 40.9 Å². The molecular formula is C24H26N2OS. The lowest BCUT2D eigenvalue weighted by Crippen LogP contribution is -2.21. The van der Waals surface area contributed by atoms with Crippen LogP contribution in [-0.2, 0) is 0 Å². The van der Waals surface area contributed by atoms with Crippen LogP contribution in [0.4, 0.5) is 5.69 Å². The first-order chi connectivity index (χ1) is 13.4. The van der Waals surface area contributed by atoms with Crippen molar-refractivity contribution in [3.8, 4) is 11.8 Å². The van der Waals surface area contributed by atoms with E-state index in [1.54, 1.807) is 11.8 Å². The maximum absolute atomic E-state index is 9.21. The molecule has 0 saturated heterocycles. The fourth-order valence-electron chi connectivity index (χ4n) is 3.38. The third-order valence-electron chi connectivity index (χ3n) is 4.93. The summed E-state index contributed by atoms with van der Waals surface area (Å²) in [6, 6.07) is 8.68. The molecule has 2 aliphatic rings. The van der Waals surface area contributed by atoms with Gasteiger partial charge in [-0.1, -0.05) is 11.8 Å². The van der Waals surface area contributed by atoms with Crippen molar-refractivity contribution in [2.75, 3.05) is 18.0 Å². The summed E-state index contributed by atoms with van der Waals surface area (Å²) in [5.41, 5.74) is 5.19. The molecule has 1 aromatic carbocycles. The number of hydrogen-bond donors (Lipinski definition) is 0. The Bertz CT molecular complexity index is 982. The van der Waals surface area contributed by atoms with Crippen LogP contribution in [0.3, 0.4) is 0 Å². The van der Waals surface area contributed by atoms with Crippen LogP contribution < -0.4 is 9.64 Å². The van der Waals surface area contributed by atoms with Crippen LogP contribution in [0.2, 0.25) is 0 Å². The lowest BCUT2D eigenvalue weighted by molar-refractivity contribution is 0.438. The van der Waals surface area contributed by atoms with E-state index in [-0.39, 0.29) is 0 Å². The Balaban J connectivity index is 1.95. The smallest absolute Gasteiger partial charge is 0.136 e. The van der Waals surface area contributed by atoms with E-state index in [4.69, 9.17) is 4.74 Å². The molecule has 0 N–H and O–H groups in total. The Morgan fingerprint density at radius 1 is 1.18 bits per heavy atom. The zero-order chi connectivity index (χ0) is 20.3. The minimum Gasteiger partial charge on any atom is -0.457 e. The number of anilines is 1. The molecule has 4 heteroatoms. The standard InChI is InChI=1S/C24H26N2OS/c1-6-26(7-2)20-8-9-23-16(3)10-21(27-24(23)13-20)14-22-12-19(17(4)15-25)11-18(5)28-22/h8-14H,6-7H2,1-5H3/b19-17-,21-14+. The van der Waals surface area contributed by atoms with E-state index in [0.717, 1.165) is 46.2 Å². The number of thioether (sulfide) groups is 1. The second-order valence-electron chi connectivity index (χ2n) is 6.92. The van der Waals surface area contributed by atoms with Crippen LogP contribution in [0.1, 0.15) is 40.2 Å². The van der Waals surface area contributed by atoms with E-state index >= 15 is 0 Å². The zero-order valence-corrected chi connectivity index (χ0v) is 18.0. The normalized spacial score (nSPS) is 19.0. The molecule has 0 radical (unpaired) electrons. The van der Waals surface area contributed by atoms with Crippen molar-refractivity contribution in [1.29, 1.82) is 5.26 Å². The van der Waals surface area contributed by atoms with E-state index in [1.165, 1.54) is 16.2 Å². The van der Waals surface area contributed by atoms with Gasteiger partial charge in [-0.2, -0.15) is 5.26 Å². The monoisotopic (exact) mass is 390 g/mol. The number of ether oxygens (including phenoxy) is 1. The summed E-state index contributed by atoms with van der Waals surface area (Å²) >= 11 is 1.69. The number of nitrogens with zero attached hydrogens (tertiary/aromatic N) is 2. The Morgan fingerprint density at radius 3 is 2.61 bits per heavy atom. The number of fused-ring (bicyclic) bond motifs is 1. The van der Waals surface area contributed by atoms with Gasteiger partial charge < -0.3 is 9.64 Å². The predicted molar refractivity (Wildman–Crippen MR) is 120 cm³/mol. The first kappa shape index (κ1) is 20.1. The van der Waals surface area contributed by atoms with Crippen molar-refractivity contribution in [2.24, 2.45) is 0 Å². The average molecular weight is 391 g/mol. The maximum atomic E-state index is 9.21. The van der Waals surface area contributed by atoms with Gasteiger partial charge in [-0.05, 0) is 87.1 Å². The molecule has 3 nitrogen and oxygen atoms in total. The van der Waals surface area contributed by atoms with E-state index in [9.17, 15) is 5.26 Å². The first-order valence-corrected chi connectivity index (χ1v) is 10.4. The number of hydrogen-bond acceptors (Lipinski definition) is 4. The van der Waals surface area contributed by atoms with Crippen LogP contribution in [0.25, 0.3) is 5.57 Å². The number of nitriles is 1. The number of benzene rings is 1. The largest absolute Gasteiger partial charge is 0.457 e. The maximum Gasteiger partial charge on any atom is 0.136 e. The van der Waals surface area contributed by atoms with Crippen LogP contribution in [0.5, 0.6) is 5.75 Å². The van der Waals surface area contributed by atoms with Gasteiger partial charge >= 0.3 is 0 Å². The third-order valence-corrected chi connectivity index (χ3v) is 5.84. The molecule has 0 bridgehead atoms. The van der Waals surface area contributed by atoms with E-state index < -0.39 is 0 Å². The molecule has 28 heavy (non-hydrogen) atoms. The number of allylic oxidation sites excluding steroid dienone is 8.